The molecule has 0 radical (unpaired) electrons. The molecule has 78 valence electrons. The number of ketones is 1. The molecule has 0 fully saturated rings. The third kappa shape index (κ3) is 3.98. The molecule has 1 unspecified atom stereocenters. The van der Waals surface area contributed by atoms with E-state index in [4.69, 9.17) is 5.73 Å². The van der Waals surface area contributed by atoms with Crippen LogP contribution in [0.5, 0.6) is 0 Å². The molecule has 2 N–H and O–H groups in total. The van der Waals surface area contributed by atoms with E-state index < -0.39 is 0 Å². The highest BCUT2D eigenvalue weighted by atomic mass is 32.1. The number of thiazole rings is 1. The van der Waals surface area contributed by atoms with Crippen molar-refractivity contribution in [2.45, 2.75) is 26.2 Å². The van der Waals surface area contributed by atoms with E-state index in [2.05, 4.69) is 11.9 Å². The molecule has 1 aromatic rings. The van der Waals surface area contributed by atoms with Gasteiger partial charge < -0.3 is 5.73 Å². The number of carbonyl (C=O) groups excluding carboxylic acids is 1. The normalized spacial score (nSPS) is 12.7. The average molecular weight is 212 g/mol. The van der Waals surface area contributed by atoms with Crippen molar-refractivity contribution in [1.29, 1.82) is 0 Å². The number of carbonyl (C=O) groups is 1. The molecule has 1 aromatic heterocycles. The van der Waals surface area contributed by atoms with Gasteiger partial charge in [0, 0.05) is 23.9 Å². The molecule has 1 rings (SSSR count). The Morgan fingerprint density at radius 2 is 2.50 bits per heavy atom. The van der Waals surface area contributed by atoms with Crippen LogP contribution >= 0.6 is 11.3 Å². The van der Waals surface area contributed by atoms with Crippen molar-refractivity contribution in [1.82, 2.24) is 4.98 Å². The van der Waals surface area contributed by atoms with E-state index in [-0.39, 0.29) is 5.78 Å². The molecule has 0 spiro atoms. The first-order valence-corrected chi connectivity index (χ1v) is 5.69. The van der Waals surface area contributed by atoms with Crippen molar-refractivity contribution in [3.05, 3.63) is 16.6 Å². The fourth-order valence-electron chi connectivity index (χ4n) is 1.14. The van der Waals surface area contributed by atoms with Gasteiger partial charge in [-0.15, -0.1) is 11.3 Å². The summed E-state index contributed by atoms with van der Waals surface area (Å²) in [7, 11) is 0. The van der Waals surface area contributed by atoms with Crippen molar-refractivity contribution in [2.75, 3.05) is 6.54 Å². The van der Waals surface area contributed by atoms with Crippen molar-refractivity contribution in [3.63, 3.8) is 0 Å². The van der Waals surface area contributed by atoms with Gasteiger partial charge in [0.1, 0.15) is 5.78 Å². The quantitative estimate of drug-likeness (QED) is 0.779. The Kier molecular flexibility index (Phi) is 4.76. The lowest BCUT2D eigenvalue weighted by atomic mass is 10.0. The number of nitrogens with zero attached hydrogens (tertiary/aromatic N) is 1. The van der Waals surface area contributed by atoms with E-state index >= 15 is 0 Å². The summed E-state index contributed by atoms with van der Waals surface area (Å²) < 4.78 is 0. The molecular weight excluding hydrogens is 196 g/mol. The Bertz CT molecular complexity index is 272. The summed E-state index contributed by atoms with van der Waals surface area (Å²) in [5.74, 6) is 0.731. The van der Waals surface area contributed by atoms with Crippen LogP contribution in [-0.4, -0.2) is 17.3 Å². The first-order valence-electron chi connectivity index (χ1n) is 4.81. The average Bonchev–Trinajstić information content (AvgIpc) is 2.66. The minimum absolute atomic E-state index is 0.287. The summed E-state index contributed by atoms with van der Waals surface area (Å²) in [5.41, 5.74) is 7.23. The van der Waals surface area contributed by atoms with Gasteiger partial charge >= 0.3 is 0 Å². The predicted octanol–water partition coefficient (Wildman–Crippen LogP) is 1.63. The first-order chi connectivity index (χ1) is 6.72. The summed E-state index contributed by atoms with van der Waals surface area (Å²) in [4.78, 5) is 16.5. The standard InChI is InChI=1S/C10H16N2OS/c1-8(5-11)2-3-9(13)4-10-6-12-7-14-10/h6-8H,2-5,11H2,1H3. The second kappa shape index (κ2) is 5.88. The van der Waals surface area contributed by atoms with Gasteiger partial charge in [0.05, 0.1) is 5.51 Å². The number of rotatable bonds is 6. The molecule has 0 saturated heterocycles. The zero-order chi connectivity index (χ0) is 10.4. The summed E-state index contributed by atoms with van der Waals surface area (Å²) in [6, 6.07) is 0. The van der Waals surface area contributed by atoms with Crippen molar-refractivity contribution >= 4 is 17.1 Å². The summed E-state index contributed by atoms with van der Waals surface area (Å²) in [5, 5.41) is 0. The van der Waals surface area contributed by atoms with Gasteiger partial charge in [-0.2, -0.15) is 0 Å². The number of nitrogens with two attached hydrogens (primary N) is 1. The Morgan fingerprint density at radius 3 is 3.07 bits per heavy atom. The predicted molar refractivity (Wildman–Crippen MR) is 58.3 cm³/mol. The molecule has 4 heteroatoms. The lowest BCUT2D eigenvalue weighted by Crippen LogP contribution is -2.12. The maximum absolute atomic E-state index is 11.5. The van der Waals surface area contributed by atoms with Gasteiger partial charge in [-0.05, 0) is 18.9 Å². The SMILES string of the molecule is CC(CN)CCC(=O)Cc1cncs1. The lowest BCUT2D eigenvalue weighted by molar-refractivity contribution is -0.118. The highest BCUT2D eigenvalue weighted by Crippen LogP contribution is 2.10. The molecule has 14 heavy (non-hydrogen) atoms. The molecule has 0 aliphatic heterocycles. The van der Waals surface area contributed by atoms with Crippen LogP contribution in [0.2, 0.25) is 0 Å². The van der Waals surface area contributed by atoms with Crippen LogP contribution in [0.15, 0.2) is 11.7 Å². The minimum Gasteiger partial charge on any atom is -0.330 e. The minimum atomic E-state index is 0.287. The van der Waals surface area contributed by atoms with Gasteiger partial charge in [-0.3, -0.25) is 9.78 Å². The van der Waals surface area contributed by atoms with E-state index in [1.807, 2.05) is 0 Å². The van der Waals surface area contributed by atoms with Gasteiger partial charge in [0.25, 0.3) is 0 Å². The largest absolute Gasteiger partial charge is 0.330 e. The zero-order valence-electron chi connectivity index (χ0n) is 8.40. The second-order valence-electron chi connectivity index (χ2n) is 3.56. The first kappa shape index (κ1) is 11.3. The molecule has 0 saturated carbocycles. The molecule has 0 bridgehead atoms. The van der Waals surface area contributed by atoms with Crippen molar-refractivity contribution in [3.8, 4) is 0 Å². The van der Waals surface area contributed by atoms with Crippen LogP contribution in [0.25, 0.3) is 0 Å². The molecular formula is C10H16N2OS. The fourth-order valence-corrected chi connectivity index (χ4v) is 1.76. The van der Waals surface area contributed by atoms with E-state index in [0.29, 0.717) is 25.3 Å². The highest BCUT2D eigenvalue weighted by molar-refractivity contribution is 7.09. The van der Waals surface area contributed by atoms with E-state index in [1.165, 1.54) is 11.3 Å². The molecule has 1 heterocycles. The highest BCUT2D eigenvalue weighted by Gasteiger charge is 2.07. The summed E-state index contributed by atoms with van der Waals surface area (Å²) in [6.07, 6.45) is 3.82. The number of Topliss-reactive ketones (excluding diaryl/α,β-unsaturated/α-hetero) is 1. The van der Waals surface area contributed by atoms with Crippen LogP contribution in [-0.2, 0) is 11.2 Å². The van der Waals surface area contributed by atoms with E-state index in [1.54, 1.807) is 11.7 Å². The van der Waals surface area contributed by atoms with Gasteiger partial charge in [-0.1, -0.05) is 6.92 Å². The van der Waals surface area contributed by atoms with Crippen LogP contribution < -0.4 is 5.73 Å². The van der Waals surface area contributed by atoms with Gasteiger partial charge in [0.15, 0.2) is 0 Å². The number of hydrogen-bond donors (Lipinski definition) is 1. The lowest BCUT2D eigenvalue weighted by Gasteiger charge is -2.06. The molecule has 1 atom stereocenters. The smallest absolute Gasteiger partial charge is 0.138 e. The Labute approximate surface area is 88.3 Å². The molecule has 0 amide bonds. The van der Waals surface area contributed by atoms with Crippen LogP contribution in [0.4, 0.5) is 0 Å². The van der Waals surface area contributed by atoms with E-state index in [0.717, 1.165) is 11.3 Å². The molecule has 3 nitrogen and oxygen atoms in total. The number of hydrogen-bond acceptors (Lipinski definition) is 4. The molecule has 0 aromatic carbocycles. The third-order valence-corrected chi connectivity index (χ3v) is 2.95. The third-order valence-electron chi connectivity index (χ3n) is 2.17. The Hall–Kier alpha value is -0.740. The van der Waals surface area contributed by atoms with Crippen molar-refractivity contribution in [2.24, 2.45) is 11.7 Å². The second-order valence-corrected chi connectivity index (χ2v) is 4.53. The monoisotopic (exact) mass is 212 g/mol. The van der Waals surface area contributed by atoms with Crippen molar-refractivity contribution < 1.29 is 4.79 Å². The Balaban J connectivity index is 2.23. The van der Waals surface area contributed by atoms with Crippen LogP contribution in [0.3, 0.4) is 0 Å². The topological polar surface area (TPSA) is 56.0 Å². The van der Waals surface area contributed by atoms with Crippen LogP contribution in [0, 0.1) is 5.92 Å². The fraction of sp³-hybridized carbons (Fsp3) is 0.600. The maximum Gasteiger partial charge on any atom is 0.138 e. The summed E-state index contributed by atoms with van der Waals surface area (Å²) in [6.45, 7) is 2.73. The van der Waals surface area contributed by atoms with Gasteiger partial charge in [-0.25, -0.2) is 0 Å². The zero-order valence-corrected chi connectivity index (χ0v) is 9.22. The summed E-state index contributed by atoms with van der Waals surface area (Å²) >= 11 is 1.53. The maximum atomic E-state index is 11.5. The number of aromatic nitrogens is 1. The molecule has 0 aliphatic rings. The van der Waals surface area contributed by atoms with E-state index in [9.17, 15) is 4.79 Å². The molecule has 0 aliphatic carbocycles. The van der Waals surface area contributed by atoms with Crippen LogP contribution in [0.1, 0.15) is 24.6 Å². The van der Waals surface area contributed by atoms with Gasteiger partial charge in [0.2, 0.25) is 0 Å². The Morgan fingerprint density at radius 1 is 1.71 bits per heavy atom.